The van der Waals surface area contributed by atoms with Crippen LogP contribution in [0.2, 0.25) is 0 Å². The van der Waals surface area contributed by atoms with Crippen molar-refractivity contribution in [2.75, 3.05) is 32.8 Å². The fourth-order valence-corrected chi connectivity index (χ4v) is 1.50. The smallest absolute Gasteiger partial charge is 0.246 e. The first-order valence-corrected chi connectivity index (χ1v) is 5.44. The zero-order valence-electron chi connectivity index (χ0n) is 9.21. The highest BCUT2D eigenvalue weighted by Gasteiger charge is 2.31. The summed E-state index contributed by atoms with van der Waals surface area (Å²) >= 11 is 0. The molecule has 1 heterocycles. The highest BCUT2D eigenvalue weighted by atomic mass is 16.5. The van der Waals surface area contributed by atoms with E-state index in [1.165, 1.54) is 0 Å². The molecule has 0 aliphatic carbocycles. The van der Waals surface area contributed by atoms with Crippen molar-refractivity contribution in [3.05, 3.63) is 0 Å². The number of hydrogen-bond acceptors (Lipinski definition) is 4. The van der Waals surface area contributed by atoms with E-state index in [2.05, 4.69) is 10.6 Å². The summed E-state index contributed by atoms with van der Waals surface area (Å²) < 4.78 is 5.08. The van der Waals surface area contributed by atoms with E-state index in [4.69, 9.17) is 4.74 Å². The Kier molecular flexibility index (Phi) is 5.01. The Morgan fingerprint density at radius 1 is 1.67 bits per heavy atom. The minimum atomic E-state index is -0.777. The van der Waals surface area contributed by atoms with E-state index in [1.807, 2.05) is 6.92 Å². The Hall–Kier alpha value is -0.650. The van der Waals surface area contributed by atoms with Gasteiger partial charge in [-0.2, -0.15) is 0 Å². The van der Waals surface area contributed by atoms with Gasteiger partial charge in [-0.1, -0.05) is 6.92 Å². The third-order valence-corrected chi connectivity index (χ3v) is 2.42. The average Bonchev–Trinajstić information content (AvgIpc) is 2.64. The molecule has 0 aromatic heterocycles. The summed E-state index contributed by atoms with van der Waals surface area (Å²) in [5, 5.41) is 15.6. The van der Waals surface area contributed by atoms with E-state index < -0.39 is 5.60 Å². The molecular formula is C10H20N2O3. The molecule has 1 rings (SSSR count). The Balaban J connectivity index is 2.10. The summed E-state index contributed by atoms with van der Waals surface area (Å²) in [6.45, 7) is 4.32. The molecule has 1 amide bonds. The van der Waals surface area contributed by atoms with Crippen LogP contribution in [0.25, 0.3) is 0 Å². The van der Waals surface area contributed by atoms with Gasteiger partial charge in [0.2, 0.25) is 5.91 Å². The highest BCUT2D eigenvalue weighted by Crippen LogP contribution is 2.12. The number of nitrogens with one attached hydrogen (secondary N) is 2. The normalized spacial score (nSPS) is 25.5. The van der Waals surface area contributed by atoms with Crippen molar-refractivity contribution in [3.63, 3.8) is 0 Å². The Morgan fingerprint density at radius 3 is 3.07 bits per heavy atom. The van der Waals surface area contributed by atoms with Gasteiger partial charge in [0, 0.05) is 19.7 Å². The lowest BCUT2D eigenvalue weighted by Gasteiger charge is -2.21. The number of rotatable bonds is 6. The van der Waals surface area contributed by atoms with Crippen LogP contribution in [0.3, 0.4) is 0 Å². The van der Waals surface area contributed by atoms with E-state index in [1.54, 1.807) is 0 Å². The summed E-state index contributed by atoms with van der Waals surface area (Å²) in [4.78, 5) is 11.2. The largest absolute Gasteiger partial charge is 0.387 e. The maximum Gasteiger partial charge on any atom is 0.246 e. The lowest BCUT2D eigenvalue weighted by Crippen LogP contribution is -2.45. The van der Waals surface area contributed by atoms with E-state index in [-0.39, 0.29) is 12.5 Å². The van der Waals surface area contributed by atoms with Crippen LogP contribution in [0.4, 0.5) is 0 Å². The van der Waals surface area contributed by atoms with Crippen LogP contribution >= 0.6 is 0 Å². The lowest BCUT2D eigenvalue weighted by atomic mass is 10.0. The number of aliphatic hydroxyl groups is 1. The van der Waals surface area contributed by atoms with E-state index >= 15 is 0 Å². The van der Waals surface area contributed by atoms with Crippen molar-refractivity contribution in [2.45, 2.75) is 25.4 Å². The molecule has 0 aromatic rings. The Morgan fingerprint density at radius 2 is 2.47 bits per heavy atom. The fraction of sp³-hybridized carbons (Fsp3) is 0.900. The number of β-amino-alcohol motifs (C(OH)–C–C–N with tert-alkyl or cyclic N) is 1. The number of carbonyl (C=O) groups is 1. The molecule has 1 saturated heterocycles. The van der Waals surface area contributed by atoms with Gasteiger partial charge < -0.3 is 20.5 Å². The molecule has 0 aromatic carbocycles. The third kappa shape index (κ3) is 4.59. The van der Waals surface area contributed by atoms with Gasteiger partial charge in [-0.15, -0.1) is 0 Å². The lowest BCUT2D eigenvalue weighted by molar-refractivity contribution is -0.126. The quantitative estimate of drug-likeness (QED) is 0.511. The number of hydrogen-bond donors (Lipinski definition) is 3. The first kappa shape index (κ1) is 12.4. The van der Waals surface area contributed by atoms with Crippen LogP contribution in [0.1, 0.15) is 19.8 Å². The van der Waals surface area contributed by atoms with Gasteiger partial charge in [-0.05, 0) is 19.4 Å². The molecule has 0 bridgehead atoms. The fourth-order valence-electron chi connectivity index (χ4n) is 1.50. The molecular weight excluding hydrogens is 196 g/mol. The summed E-state index contributed by atoms with van der Waals surface area (Å²) in [6.07, 6.45) is 1.59. The molecule has 88 valence electrons. The predicted octanol–water partition coefficient (Wildman–Crippen LogP) is -0.746. The van der Waals surface area contributed by atoms with Crippen LogP contribution in [-0.2, 0) is 9.53 Å². The number of amides is 1. The van der Waals surface area contributed by atoms with Gasteiger partial charge in [-0.3, -0.25) is 4.79 Å². The standard InChI is InChI=1S/C10H20N2O3/c1-2-5-15-6-9(13)12-8-10(14)3-4-11-7-10/h11,14H,2-8H2,1H3,(H,12,13). The second-order valence-corrected chi connectivity index (χ2v) is 3.98. The summed E-state index contributed by atoms with van der Waals surface area (Å²) in [7, 11) is 0. The summed E-state index contributed by atoms with van der Waals surface area (Å²) in [6, 6.07) is 0. The van der Waals surface area contributed by atoms with Crippen molar-refractivity contribution < 1.29 is 14.6 Å². The van der Waals surface area contributed by atoms with Crippen molar-refractivity contribution in [1.82, 2.24) is 10.6 Å². The van der Waals surface area contributed by atoms with E-state index in [9.17, 15) is 9.90 Å². The van der Waals surface area contributed by atoms with Gasteiger partial charge >= 0.3 is 0 Å². The van der Waals surface area contributed by atoms with Gasteiger partial charge in [0.25, 0.3) is 0 Å². The topological polar surface area (TPSA) is 70.6 Å². The molecule has 1 aliphatic rings. The minimum Gasteiger partial charge on any atom is -0.387 e. The monoisotopic (exact) mass is 216 g/mol. The molecule has 5 nitrogen and oxygen atoms in total. The minimum absolute atomic E-state index is 0.0807. The van der Waals surface area contributed by atoms with Crippen molar-refractivity contribution in [1.29, 1.82) is 0 Å². The molecule has 1 fully saturated rings. The highest BCUT2D eigenvalue weighted by molar-refractivity contribution is 5.77. The van der Waals surface area contributed by atoms with Gasteiger partial charge in [-0.25, -0.2) is 0 Å². The van der Waals surface area contributed by atoms with Crippen LogP contribution in [-0.4, -0.2) is 49.5 Å². The Labute approximate surface area is 90.2 Å². The van der Waals surface area contributed by atoms with Crippen molar-refractivity contribution >= 4 is 5.91 Å². The predicted molar refractivity (Wildman–Crippen MR) is 56.6 cm³/mol. The molecule has 0 radical (unpaired) electrons. The average molecular weight is 216 g/mol. The maximum absolute atomic E-state index is 11.2. The van der Waals surface area contributed by atoms with Crippen molar-refractivity contribution in [2.24, 2.45) is 0 Å². The van der Waals surface area contributed by atoms with Gasteiger partial charge in [0.15, 0.2) is 0 Å². The number of ether oxygens (including phenoxy) is 1. The van der Waals surface area contributed by atoms with Crippen LogP contribution in [0.5, 0.6) is 0 Å². The molecule has 1 unspecified atom stereocenters. The zero-order chi connectivity index (χ0) is 11.1. The zero-order valence-corrected chi connectivity index (χ0v) is 9.21. The molecule has 0 spiro atoms. The van der Waals surface area contributed by atoms with Crippen LogP contribution in [0.15, 0.2) is 0 Å². The van der Waals surface area contributed by atoms with Crippen molar-refractivity contribution in [3.8, 4) is 0 Å². The second-order valence-electron chi connectivity index (χ2n) is 3.98. The molecule has 0 saturated carbocycles. The maximum atomic E-state index is 11.2. The first-order chi connectivity index (χ1) is 7.16. The molecule has 1 aliphatic heterocycles. The SMILES string of the molecule is CCCOCC(=O)NCC1(O)CCNC1. The molecule has 1 atom stereocenters. The summed E-state index contributed by atoms with van der Waals surface area (Å²) in [5.74, 6) is -0.163. The van der Waals surface area contributed by atoms with E-state index in [0.29, 0.717) is 26.1 Å². The molecule has 5 heteroatoms. The molecule has 3 N–H and O–H groups in total. The van der Waals surface area contributed by atoms with Gasteiger partial charge in [0.1, 0.15) is 6.61 Å². The first-order valence-electron chi connectivity index (χ1n) is 5.44. The van der Waals surface area contributed by atoms with Gasteiger partial charge in [0.05, 0.1) is 5.60 Å². The van der Waals surface area contributed by atoms with E-state index in [0.717, 1.165) is 13.0 Å². The number of carbonyl (C=O) groups excluding carboxylic acids is 1. The molecule has 15 heavy (non-hydrogen) atoms. The second kappa shape index (κ2) is 6.05. The Bertz CT molecular complexity index is 203. The third-order valence-electron chi connectivity index (χ3n) is 2.42. The summed E-state index contributed by atoms with van der Waals surface area (Å²) in [5.41, 5.74) is -0.777. The van der Waals surface area contributed by atoms with Crippen LogP contribution < -0.4 is 10.6 Å². The van der Waals surface area contributed by atoms with Crippen LogP contribution in [0, 0.1) is 0 Å².